The van der Waals surface area contributed by atoms with Crippen molar-refractivity contribution >= 4 is 41.2 Å². The molecule has 146 valence electrons. The number of methoxy groups -OCH3 is 1. The van der Waals surface area contributed by atoms with E-state index >= 15 is 0 Å². The number of hydrogen-bond acceptors (Lipinski definition) is 4. The van der Waals surface area contributed by atoms with Gasteiger partial charge in [0.05, 0.1) is 13.4 Å². The Morgan fingerprint density at radius 3 is 2.10 bits per heavy atom. The minimum Gasteiger partial charge on any atom is -0.467 e. The number of rotatable bonds is 4. The van der Waals surface area contributed by atoms with Gasteiger partial charge in [-0.15, -0.1) is 0 Å². The van der Waals surface area contributed by atoms with E-state index in [1.54, 1.807) is 6.34 Å². The molecule has 0 amide bonds. The molecular formula is C23H18Cl2N2O2. The number of nitrogens with zero attached hydrogens (tertiary/aromatic N) is 2. The van der Waals surface area contributed by atoms with Gasteiger partial charge in [-0.1, -0.05) is 65.7 Å². The number of aliphatic imine (C=N–C) groups is 1. The number of anilines is 1. The lowest BCUT2D eigenvalue weighted by atomic mass is 9.79. The van der Waals surface area contributed by atoms with Crippen LogP contribution in [0.15, 0.2) is 83.9 Å². The smallest absolute Gasteiger partial charge is 0.341 e. The summed E-state index contributed by atoms with van der Waals surface area (Å²) < 4.78 is 5.24. The van der Waals surface area contributed by atoms with E-state index in [4.69, 9.17) is 32.9 Å². The summed E-state index contributed by atoms with van der Waals surface area (Å²) in [5, 5.41) is 1.25. The molecule has 1 aliphatic rings. The van der Waals surface area contributed by atoms with Crippen molar-refractivity contribution in [3.8, 4) is 0 Å². The second kappa shape index (κ2) is 7.90. The number of halogens is 2. The Kier molecular flexibility index (Phi) is 5.31. The predicted molar refractivity (Wildman–Crippen MR) is 117 cm³/mol. The Hall–Kier alpha value is -2.82. The zero-order chi connectivity index (χ0) is 20.4. The molecule has 0 radical (unpaired) electrons. The molecule has 0 fully saturated rings. The molecule has 0 bridgehead atoms. The maximum absolute atomic E-state index is 13.2. The van der Waals surface area contributed by atoms with E-state index in [1.807, 2.05) is 83.8 Å². The van der Waals surface area contributed by atoms with Crippen molar-refractivity contribution in [1.29, 1.82) is 0 Å². The molecule has 0 spiro atoms. The fourth-order valence-corrected chi connectivity index (χ4v) is 3.98. The van der Waals surface area contributed by atoms with Crippen molar-refractivity contribution in [3.63, 3.8) is 0 Å². The molecule has 0 N–H and O–H groups in total. The predicted octanol–water partition coefficient (Wildman–Crippen LogP) is 5.65. The topological polar surface area (TPSA) is 41.9 Å². The van der Waals surface area contributed by atoms with Gasteiger partial charge in [0.25, 0.3) is 0 Å². The van der Waals surface area contributed by atoms with Crippen LogP contribution in [0.2, 0.25) is 10.0 Å². The van der Waals surface area contributed by atoms with Gasteiger partial charge in [0, 0.05) is 15.7 Å². The average Bonchev–Trinajstić information content (AvgIpc) is 3.16. The number of ether oxygens (including phenoxy) is 1. The molecule has 6 heteroatoms. The van der Waals surface area contributed by atoms with E-state index in [0.29, 0.717) is 10.0 Å². The van der Waals surface area contributed by atoms with E-state index < -0.39 is 17.6 Å². The van der Waals surface area contributed by atoms with Crippen molar-refractivity contribution in [1.82, 2.24) is 0 Å². The van der Waals surface area contributed by atoms with E-state index in [9.17, 15) is 4.79 Å². The third-order valence-corrected chi connectivity index (χ3v) is 5.58. The minimum absolute atomic E-state index is 0.434. The van der Waals surface area contributed by atoms with Crippen LogP contribution in [0, 0.1) is 0 Å². The number of esters is 1. The summed E-state index contributed by atoms with van der Waals surface area (Å²) in [6, 6.07) is 23.8. The lowest BCUT2D eigenvalue weighted by Gasteiger charge is -2.36. The van der Waals surface area contributed by atoms with E-state index in [0.717, 1.165) is 16.8 Å². The van der Waals surface area contributed by atoms with Crippen molar-refractivity contribution in [2.24, 2.45) is 4.99 Å². The van der Waals surface area contributed by atoms with Gasteiger partial charge in [0.1, 0.15) is 6.04 Å². The summed E-state index contributed by atoms with van der Waals surface area (Å²) in [6.45, 7) is 0. The molecule has 1 aliphatic heterocycles. The molecule has 0 saturated carbocycles. The first-order valence-corrected chi connectivity index (χ1v) is 9.80. The third-order valence-electron chi connectivity index (χ3n) is 5.08. The molecule has 4 nitrogen and oxygen atoms in total. The first-order valence-electron chi connectivity index (χ1n) is 9.05. The fourth-order valence-electron chi connectivity index (χ4n) is 3.73. The van der Waals surface area contributed by atoms with Crippen molar-refractivity contribution in [2.45, 2.75) is 11.6 Å². The van der Waals surface area contributed by atoms with Crippen LogP contribution in [0.1, 0.15) is 17.2 Å². The third kappa shape index (κ3) is 3.39. The second-order valence-electron chi connectivity index (χ2n) is 6.71. The maximum Gasteiger partial charge on any atom is 0.341 e. The zero-order valence-corrected chi connectivity index (χ0v) is 17.1. The molecule has 0 aromatic heterocycles. The number of hydrogen-bond donors (Lipinski definition) is 0. The largest absolute Gasteiger partial charge is 0.467 e. The number of carbonyl (C=O) groups is 1. The van der Waals surface area contributed by atoms with E-state index in [2.05, 4.69) is 0 Å². The van der Waals surface area contributed by atoms with Gasteiger partial charge in [-0.05, 0) is 47.5 Å². The van der Waals surface area contributed by atoms with Crippen molar-refractivity contribution in [2.75, 3.05) is 12.0 Å². The molecule has 0 aliphatic carbocycles. The Morgan fingerprint density at radius 2 is 1.52 bits per heavy atom. The monoisotopic (exact) mass is 424 g/mol. The van der Waals surface area contributed by atoms with Crippen molar-refractivity contribution < 1.29 is 9.53 Å². The Morgan fingerprint density at radius 1 is 0.931 bits per heavy atom. The molecule has 1 heterocycles. The van der Waals surface area contributed by atoms with Crippen LogP contribution in [0.25, 0.3) is 0 Å². The van der Waals surface area contributed by atoms with Crippen LogP contribution in [-0.4, -0.2) is 19.4 Å². The molecule has 0 saturated heterocycles. The summed E-state index contributed by atoms with van der Waals surface area (Å²) in [7, 11) is 1.38. The molecule has 2 unspecified atom stereocenters. The van der Waals surface area contributed by atoms with Gasteiger partial charge in [-0.3, -0.25) is 0 Å². The van der Waals surface area contributed by atoms with Crippen LogP contribution in [0.5, 0.6) is 0 Å². The molecule has 3 aromatic rings. The Labute approximate surface area is 179 Å². The van der Waals surface area contributed by atoms with Gasteiger partial charge in [0.15, 0.2) is 0 Å². The number of carbonyl (C=O) groups excluding carboxylic acids is 1. The van der Waals surface area contributed by atoms with E-state index in [1.165, 1.54) is 7.11 Å². The van der Waals surface area contributed by atoms with E-state index in [-0.39, 0.29) is 0 Å². The summed E-state index contributed by atoms with van der Waals surface area (Å²) in [4.78, 5) is 19.9. The lowest BCUT2D eigenvalue weighted by molar-refractivity contribution is -0.148. The van der Waals surface area contributed by atoms with Gasteiger partial charge >= 0.3 is 5.97 Å². The molecule has 2 atom stereocenters. The normalized spacial score (nSPS) is 20.7. The van der Waals surface area contributed by atoms with Gasteiger partial charge in [-0.2, -0.15) is 0 Å². The highest BCUT2D eigenvalue weighted by molar-refractivity contribution is 6.30. The summed E-state index contributed by atoms with van der Waals surface area (Å²) in [6.07, 6.45) is 1.69. The average molecular weight is 425 g/mol. The fraction of sp³-hybridized carbons (Fsp3) is 0.130. The first-order chi connectivity index (χ1) is 14.1. The highest BCUT2D eigenvalue weighted by Crippen LogP contribution is 2.48. The molecular weight excluding hydrogens is 407 g/mol. The molecule has 4 rings (SSSR count). The quantitative estimate of drug-likeness (QED) is 0.508. The second-order valence-corrected chi connectivity index (χ2v) is 7.58. The van der Waals surface area contributed by atoms with Gasteiger partial charge in [0.2, 0.25) is 5.54 Å². The Balaban J connectivity index is 1.94. The summed E-state index contributed by atoms with van der Waals surface area (Å²) >= 11 is 12.2. The number of benzene rings is 3. The van der Waals surface area contributed by atoms with Gasteiger partial charge < -0.3 is 9.64 Å². The highest BCUT2D eigenvalue weighted by atomic mass is 35.5. The molecule has 3 aromatic carbocycles. The highest BCUT2D eigenvalue weighted by Gasteiger charge is 2.54. The van der Waals surface area contributed by atoms with Crippen LogP contribution in [-0.2, 0) is 15.1 Å². The van der Waals surface area contributed by atoms with Crippen molar-refractivity contribution in [3.05, 3.63) is 100 Å². The summed E-state index contributed by atoms with van der Waals surface area (Å²) in [5.74, 6) is -0.434. The first kappa shape index (κ1) is 19.5. The standard InChI is InChI=1S/C23H18Cl2N2O2/c1-29-22(28)23(17-5-3-2-4-6-17)21(16-7-9-18(24)10-8-16)27(15-26-23)20-13-11-19(25)12-14-20/h2-15,21H,1H3. The minimum atomic E-state index is -1.26. The van der Waals surface area contributed by atoms with Crippen LogP contribution < -0.4 is 4.90 Å². The van der Waals surface area contributed by atoms with Crippen LogP contribution in [0.4, 0.5) is 5.69 Å². The zero-order valence-electron chi connectivity index (χ0n) is 15.6. The lowest BCUT2D eigenvalue weighted by Crippen LogP contribution is -2.43. The maximum atomic E-state index is 13.2. The van der Waals surface area contributed by atoms with Gasteiger partial charge in [-0.25, -0.2) is 9.79 Å². The molecule has 29 heavy (non-hydrogen) atoms. The Bertz CT molecular complexity index is 1040. The van der Waals surface area contributed by atoms with Crippen LogP contribution >= 0.6 is 23.2 Å². The summed E-state index contributed by atoms with van der Waals surface area (Å²) in [5.41, 5.74) is 1.24. The van der Waals surface area contributed by atoms with Crippen LogP contribution in [0.3, 0.4) is 0 Å². The SMILES string of the molecule is COC(=O)C1(c2ccccc2)N=CN(c2ccc(Cl)cc2)C1c1ccc(Cl)cc1.